The van der Waals surface area contributed by atoms with Crippen LogP contribution in [0.2, 0.25) is 0 Å². The Kier molecular flexibility index (Phi) is 3.53. The highest BCUT2D eigenvalue weighted by Gasteiger charge is 2.60. The van der Waals surface area contributed by atoms with E-state index >= 15 is 0 Å². The van der Waals surface area contributed by atoms with Gasteiger partial charge in [0.15, 0.2) is 5.54 Å². The lowest BCUT2D eigenvalue weighted by Gasteiger charge is -2.32. The molecule has 5 rings (SSSR count). The summed E-state index contributed by atoms with van der Waals surface area (Å²) in [6.07, 6.45) is 0. The molecule has 1 heterocycles. The minimum Gasteiger partial charge on any atom is -0.714 e. The lowest BCUT2D eigenvalue weighted by Crippen LogP contribution is -2.53. The molecule has 0 fully saturated rings. The number of hydrogen-bond donors (Lipinski definition) is 0. The maximum Gasteiger partial charge on any atom is 0.317 e. The van der Waals surface area contributed by atoms with Gasteiger partial charge >= 0.3 is 5.84 Å². The van der Waals surface area contributed by atoms with Gasteiger partial charge in [-0.05, 0) is 66.1 Å². The Hall–Kier alpha value is -3.11. The predicted octanol–water partition coefficient (Wildman–Crippen LogP) is 5.62. The number of nitrogens with zero attached hydrogens (tertiary/aromatic N) is 2. The Balaban J connectivity index is 1.84. The highest BCUT2D eigenvalue weighted by molar-refractivity contribution is 6.20. The van der Waals surface area contributed by atoms with Gasteiger partial charge < -0.3 is 5.21 Å². The summed E-state index contributed by atoms with van der Waals surface area (Å²) in [5.41, 5.74) is -0.986. The SMILES string of the molecule is CC1(C)N([O])C(c2cccc3c2ccc2c4ccccc4ccc32)=[N+]([O-])C1(C)C. The Labute approximate surface area is 169 Å². The number of benzene rings is 4. The summed E-state index contributed by atoms with van der Waals surface area (Å²) in [5.74, 6) is 0.186. The van der Waals surface area contributed by atoms with Gasteiger partial charge in [-0.2, -0.15) is 0 Å². The second-order valence-electron chi connectivity index (χ2n) is 8.88. The molecule has 1 aliphatic rings. The summed E-state index contributed by atoms with van der Waals surface area (Å²) < 4.78 is 0.888. The molecule has 0 spiro atoms. The van der Waals surface area contributed by atoms with E-state index in [0.717, 1.165) is 26.0 Å². The minimum absolute atomic E-state index is 0.186. The van der Waals surface area contributed by atoms with E-state index < -0.39 is 11.1 Å². The van der Waals surface area contributed by atoms with Crippen LogP contribution in [-0.4, -0.2) is 26.7 Å². The van der Waals surface area contributed by atoms with Gasteiger partial charge in [0, 0.05) is 5.21 Å². The quantitative estimate of drug-likeness (QED) is 0.243. The van der Waals surface area contributed by atoms with Gasteiger partial charge in [0.05, 0.1) is 5.56 Å². The van der Waals surface area contributed by atoms with Crippen LogP contribution in [0.3, 0.4) is 0 Å². The molecule has 0 aromatic heterocycles. The number of rotatable bonds is 1. The largest absolute Gasteiger partial charge is 0.714 e. The molecule has 0 saturated heterocycles. The van der Waals surface area contributed by atoms with Crippen molar-refractivity contribution in [2.75, 3.05) is 0 Å². The van der Waals surface area contributed by atoms with Crippen LogP contribution >= 0.6 is 0 Å². The molecule has 0 N–H and O–H groups in total. The third-order valence-electron chi connectivity index (χ3n) is 6.92. The topological polar surface area (TPSA) is 49.2 Å². The summed E-state index contributed by atoms with van der Waals surface area (Å²) >= 11 is 0. The smallest absolute Gasteiger partial charge is 0.317 e. The Morgan fingerprint density at radius 3 is 2.03 bits per heavy atom. The number of fused-ring (bicyclic) bond motifs is 5. The zero-order valence-corrected chi connectivity index (χ0v) is 17.1. The van der Waals surface area contributed by atoms with Crippen molar-refractivity contribution in [3.05, 3.63) is 77.5 Å². The third kappa shape index (κ3) is 2.21. The molecular formula is C25H23N2O2. The summed E-state index contributed by atoms with van der Waals surface area (Å²) in [6.45, 7) is 7.30. The summed E-state index contributed by atoms with van der Waals surface area (Å²) in [7, 11) is 0. The molecule has 0 bridgehead atoms. The first kappa shape index (κ1) is 18.0. The molecule has 0 amide bonds. The number of hydroxylamine groups is 3. The second kappa shape index (κ2) is 5.71. The first-order valence-corrected chi connectivity index (χ1v) is 9.90. The van der Waals surface area contributed by atoms with Gasteiger partial charge in [-0.1, -0.05) is 65.7 Å². The van der Waals surface area contributed by atoms with Crippen LogP contribution in [0, 0.1) is 5.21 Å². The van der Waals surface area contributed by atoms with Crippen molar-refractivity contribution in [1.82, 2.24) is 5.06 Å². The highest BCUT2D eigenvalue weighted by Crippen LogP contribution is 2.39. The van der Waals surface area contributed by atoms with Crippen molar-refractivity contribution < 1.29 is 9.95 Å². The lowest BCUT2D eigenvalue weighted by atomic mass is 9.84. The standard InChI is InChI=1S/C25H23N2O2/c1-24(2)25(3,4)27(29)23(26(24)28)22-11-7-10-18-20-13-12-16-8-5-6-9-17(16)19(20)14-15-21(18)22/h5-15H,1-4H3. The normalized spacial score (nSPS) is 18.3. The molecule has 0 aliphatic carbocycles. The van der Waals surface area contributed by atoms with E-state index in [0.29, 0.717) is 5.56 Å². The first-order valence-electron chi connectivity index (χ1n) is 9.90. The average molecular weight is 383 g/mol. The summed E-state index contributed by atoms with van der Waals surface area (Å²) in [5, 5.41) is 33.9. The van der Waals surface area contributed by atoms with E-state index in [1.54, 1.807) is 0 Å². The van der Waals surface area contributed by atoms with Crippen LogP contribution in [0.4, 0.5) is 0 Å². The number of hydrogen-bond acceptors (Lipinski definition) is 2. The van der Waals surface area contributed by atoms with E-state index in [-0.39, 0.29) is 5.84 Å². The third-order valence-corrected chi connectivity index (χ3v) is 6.92. The zero-order valence-electron chi connectivity index (χ0n) is 17.1. The fraction of sp³-hybridized carbons (Fsp3) is 0.240. The van der Waals surface area contributed by atoms with Crippen molar-refractivity contribution in [2.45, 2.75) is 38.8 Å². The average Bonchev–Trinajstić information content (AvgIpc) is 2.84. The maximum atomic E-state index is 13.2. The molecular weight excluding hydrogens is 360 g/mol. The van der Waals surface area contributed by atoms with Crippen molar-refractivity contribution in [2.24, 2.45) is 0 Å². The molecule has 4 aromatic carbocycles. The molecule has 145 valence electrons. The van der Waals surface area contributed by atoms with E-state index in [1.165, 1.54) is 16.2 Å². The second-order valence-corrected chi connectivity index (χ2v) is 8.88. The molecule has 1 aliphatic heterocycles. The van der Waals surface area contributed by atoms with Crippen molar-refractivity contribution in [3.8, 4) is 0 Å². The molecule has 4 aromatic rings. The van der Waals surface area contributed by atoms with Gasteiger partial charge in [-0.15, -0.1) is 0 Å². The maximum absolute atomic E-state index is 13.2. The lowest BCUT2D eigenvalue weighted by molar-refractivity contribution is -0.539. The van der Waals surface area contributed by atoms with Gasteiger partial charge in [0.25, 0.3) is 0 Å². The Morgan fingerprint density at radius 1 is 0.724 bits per heavy atom. The van der Waals surface area contributed by atoms with Crippen LogP contribution in [0.5, 0.6) is 0 Å². The molecule has 0 atom stereocenters. The summed E-state index contributed by atoms with van der Waals surface area (Å²) in [6, 6.07) is 22.6. The fourth-order valence-electron chi connectivity index (χ4n) is 4.38. The zero-order chi connectivity index (χ0) is 20.6. The van der Waals surface area contributed by atoms with Crippen molar-refractivity contribution >= 4 is 38.2 Å². The fourth-order valence-corrected chi connectivity index (χ4v) is 4.38. The van der Waals surface area contributed by atoms with E-state index in [1.807, 2.05) is 58.0 Å². The monoisotopic (exact) mass is 383 g/mol. The van der Waals surface area contributed by atoms with Gasteiger partial charge in [0.2, 0.25) is 0 Å². The van der Waals surface area contributed by atoms with Crippen LogP contribution in [0.1, 0.15) is 33.3 Å². The van der Waals surface area contributed by atoms with Crippen LogP contribution < -0.4 is 0 Å². The summed E-state index contributed by atoms with van der Waals surface area (Å²) in [4.78, 5) is 0. The first-order chi connectivity index (χ1) is 13.7. The molecule has 1 radical (unpaired) electrons. The van der Waals surface area contributed by atoms with Gasteiger partial charge in [-0.3, -0.25) is 4.74 Å². The van der Waals surface area contributed by atoms with E-state index in [2.05, 4.69) is 36.4 Å². The van der Waals surface area contributed by atoms with Crippen LogP contribution in [0.25, 0.3) is 32.3 Å². The molecule has 0 unspecified atom stereocenters. The molecule has 4 nitrogen and oxygen atoms in total. The van der Waals surface area contributed by atoms with Gasteiger partial charge in [0.1, 0.15) is 5.54 Å². The van der Waals surface area contributed by atoms with E-state index in [4.69, 9.17) is 0 Å². The molecule has 29 heavy (non-hydrogen) atoms. The van der Waals surface area contributed by atoms with Crippen molar-refractivity contribution in [1.29, 1.82) is 0 Å². The molecule has 0 saturated carbocycles. The van der Waals surface area contributed by atoms with Crippen LogP contribution in [0.15, 0.2) is 66.7 Å². The minimum atomic E-state index is -0.834. The van der Waals surface area contributed by atoms with Crippen LogP contribution in [-0.2, 0) is 5.21 Å². The van der Waals surface area contributed by atoms with Crippen molar-refractivity contribution in [3.63, 3.8) is 0 Å². The Morgan fingerprint density at radius 2 is 1.31 bits per heavy atom. The number of amidine groups is 1. The Bertz CT molecular complexity index is 1340. The molecule has 4 heteroatoms. The predicted molar refractivity (Wildman–Crippen MR) is 117 cm³/mol. The highest BCUT2D eigenvalue weighted by atomic mass is 16.5. The van der Waals surface area contributed by atoms with E-state index in [9.17, 15) is 10.4 Å². The van der Waals surface area contributed by atoms with Gasteiger partial charge in [-0.25, -0.2) is 0 Å².